The highest BCUT2D eigenvalue weighted by molar-refractivity contribution is 9.10. The third-order valence-corrected chi connectivity index (χ3v) is 5.83. The van der Waals surface area contributed by atoms with Crippen LogP contribution in [-0.2, 0) is 10.0 Å². The molecule has 19 heavy (non-hydrogen) atoms. The highest BCUT2D eigenvalue weighted by Crippen LogP contribution is 2.28. The zero-order valence-electron chi connectivity index (χ0n) is 10.9. The molecular formula is C13H17BrFNO2S. The van der Waals surface area contributed by atoms with E-state index in [1.165, 1.54) is 16.4 Å². The van der Waals surface area contributed by atoms with Crippen LogP contribution >= 0.6 is 15.9 Å². The first kappa shape index (κ1) is 14.9. The summed E-state index contributed by atoms with van der Waals surface area (Å²) in [6.45, 7) is 5.09. The Kier molecular flexibility index (Phi) is 4.32. The number of benzene rings is 1. The van der Waals surface area contributed by atoms with Crippen molar-refractivity contribution in [2.24, 2.45) is 11.8 Å². The molecule has 0 radical (unpaired) electrons. The van der Waals surface area contributed by atoms with Gasteiger partial charge in [-0.3, -0.25) is 0 Å². The van der Waals surface area contributed by atoms with Crippen LogP contribution in [-0.4, -0.2) is 25.8 Å². The van der Waals surface area contributed by atoms with Crippen molar-refractivity contribution in [3.05, 3.63) is 28.5 Å². The van der Waals surface area contributed by atoms with Crippen LogP contribution in [0.3, 0.4) is 0 Å². The van der Waals surface area contributed by atoms with Crippen molar-refractivity contribution >= 4 is 26.0 Å². The van der Waals surface area contributed by atoms with E-state index in [1.807, 2.05) is 13.8 Å². The van der Waals surface area contributed by atoms with Crippen LogP contribution in [0.25, 0.3) is 0 Å². The van der Waals surface area contributed by atoms with Gasteiger partial charge in [0.15, 0.2) is 0 Å². The van der Waals surface area contributed by atoms with Gasteiger partial charge in [0, 0.05) is 13.1 Å². The Morgan fingerprint density at radius 3 is 2.37 bits per heavy atom. The minimum atomic E-state index is -3.59. The van der Waals surface area contributed by atoms with E-state index in [1.54, 1.807) is 0 Å². The summed E-state index contributed by atoms with van der Waals surface area (Å²) in [5.41, 5.74) is 0. The molecule has 106 valence electrons. The Labute approximate surface area is 122 Å². The number of halogens is 2. The largest absolute Gasteiger partial charge is 0.243 e. The van der Waals surface area contributed by atoms with E-state index in [2.05, 4.69) is 15.9 Å². The molecule has 0 aliphatic carbocycles. The van der Waals surface area contributed by atoms with Crippen LogP contribution < -0.4 is 0 Å². The van der Waals surface area contributed by atoms with Crippen molar-refractivity contribution in [2.75, 3.05) is 13.1 Å². The molecule has 1 aliphatic heterocycles. The second-order valence-electron chi connectivity index (χ2n) is 5.34. The van der Waals surface area contributed by atoms with Crippen molar-refractivity contribution in [3.8, 4) is 0 Å². The van der Waals surface area contributed by atoms with Crippen LogP contribution in [0.4, 0.5) is 4.39 Å². The van der Waals surface area contributed by atoms with Gasteiger partial charge in [-0.2, -0.15) is 4.31 Å². The third-order valence-electron chi connectivity index (χ3n) is 3.36. The minimum absolute atomic E-state index is 0.0227. The van der Waals surface area contributed by atoms with Gasteiger partial charge in [-0.05, 0) is 52.4 Å². The Hall–Kier alpha value is -0.460. The zero-order valence-corrected chi connectivity index (χ0v) is 13.3. The van der Waals surface area contributed by atoms with Gasteiger partial charge in [0.2, 0.25) is 10.0 Å². The molecule has 0 aromatic heterocycles. The summed E-state index contributed by atoms with van der Waals surface area (Å²) < 4.78 is 40.2. The maximum absolute atomic E-state index is 13.5. The molecule has 2 unspecified atom stereocenters. The summed E-state index contributed by atoms with van der Waals surface area (Å²) in [5.74, 6) is 0.108. The first-order valence-corrected chi connectivity index (χ1v) is 8.49. The molecule has 1 saturated heterocycles. The average Bonchev–Trinajstić information content (AvgIpc) is 2.31. The molecule has 1 heterocycles. The van der Waals surface area contributed by atoms with Crippen molar-refractivity contribution in [1.29, 1.82) is 0 Å². The van der Waals surface area contributed by atoms with Crippen molar-refractivity contribution in [3.63, 3.8) is 0 Å². The number of rotatable bonds is 2. The second-order valence-corrected chi connectivity index (χ2v) is 8.14. The molecule has 1 aromatic rings. The van der Waals surface area contributed by atoms with Gasteiger partial charge in [-0.15, -0.1) is 0 Å². The quantitative estimate of drug-likeness (QED) is 0.821. The summed E-state index contributed by atoms with van der Waals surface area (Å²) in [7, 11) is -3.59. The molecule has 0 spiro atoms. The molecule has 0 N–H and O–H groups in total. The summed E-state index contributed by atoms with van der Waals surface area (Å²) in [4.78, 5) is 0.0227. The molecular weight excluding hydrogens is 333 g/mol. The smallest absolute Gasteiger partial charge is 0.207 e. The van der Waals surface area contributed by atoms with Gasteiger partial charge in [-0.1, -0.05) is 13.8 Å². The molecule has 0 amide bonds. The predicted octanol–water partition coefficient (Wildman–Crippen LogP) is 3.25. The molecule has 0 bridgehead atoms. The Bertz CT molecular complexity index is 566. The lowest BCUT2D eigenvalue weighted by Crippen LogP contribution is -2.42. The molecule has 1 aromatic carbocycles. The van der Waals surface area contributed by atoms with Gasteiger partial charge in [-0.25, -0.2) is 12.8 Å². The van der Waals surface area contributed by atoms with Crippen molar-refractivity contribution in [2.45, 2.75) is 25.2 Å². The lowest BCUT2D eigenvalue weighted by molar-refractivity contribution is 0.222. The third kappa shape index (κ3) is 3.17. The highest BCUT2D eigenvalue weighted by Gasteiger charge is 2.31. The van der Waals surface area contributed by atoms with Crippen molar-refractivity contribution in [1.82, 2.24) is 4.31 Å². The monoisotopic (exact) mass is 349 g/mol. The normalized spacial score (nSPS) is 25.5. The second kappa shape index (κ2) is 5.50. The number of sulfonamides is 1. The molecule has 2 atom stereocenters. The fraction of sp³-hybridized carbons (Fsp3) is 0.538. The molecule has 3 nitrogen and oxygen atoms in total. The summed E-state index contributed by atoms with van der Waals surface area (Å²) in [5, 5.41) is 0. The predicted molar refractivity (Wildman–Crippen MR) is 75.8 cm³/mol. The van der Waals surface area contributed by atoms with Crippen LogP contribution in [0, 0.1) is 17.7 Å². The number of nitrogens with zero attached hydrogens (tertiary/aromatic N) is 1. The SMILES string of the molecule is CC1CC(C)CN(S(=O)(=O)c2ccc(Br)c(F)c2)C1. The van der Waals surface area contributed by atoms with Gasteiger partial charge >= 0.3 is 0 Å². The van der Waals surface area contributed by atoms with E-state index in [0.717, 1.165) is 12.5 Å². The van der Waals surface area contributed by atoms with E-state index < -0.39 is 15.8 Å². The average molecular weight is 350 g/mol. The minimum Gasteiger partial charge on any atom is -0.207 e. The lowest BCUT2D eigenvalue weighted by Gasteiger charge is -2.34. The summed E-state index contributed by atoms with van der Waals surface area (Å²) in [6.07, 6.45) is 1.03. The number of piperidine rings is 1. The first-order chi connectivity index (χ1) is 8.80. The van der Waals surface area contributed by atoms with E-state index in [4.69, 9.17) is 0 Å². The maximum Gasteiger partial charge on any atom is 0.243 e. The summed E-state index contributed by atoms with van der Waals surface area (Å²) in [6, 6.07) is 3.94. The van der Waals surface area contributed by atoms with Crippen LogP contribution in [0.15, 0.2) is 27.6 Å². The molecule has 1 aliphatic rings. The fourth-order valence-electron chi connectivity index (χ4n) is 2.59. The van der Waals surface area contributed by atoms with Crippen LogP contribution in [0.1, 0.15) is 20.3 Å². The van der Waals surface area contributed by atoms with Gasteiger partial charge in [0.1, 0.15) is 5.82 Å². The molecule has 1 fully saturated rings. The standard InChI is InChI=1S/C13H17BrFNO2S/c1-9-5-10(2)8-16(7-9)19(17,18)11-3-4-12(14)13(15)6-11/h3-4,6,9-10H,5,7-8H2,1-2H3. The Balaban J connectivity index is 2.33. The Morgan fingerprint density at radius 2 is 1.84 bits per heavy atom. The molecule has 0 saturated carbocycles. The molecule has 2 rings (SSSR count). The lowest BCUT2D eigenvalue weighted by atomic mass is 9.94. The van der Waals surface area contributed by atoms with Gasteiger partial charge < -0.3 is 0 Å². The summed E-state index contributed by atoms with van der Waals surface area (Å²) >= 11 is 3.03. The van der Waals surface area contributed by atoms with Gasteiger partial charge in [0.05, 0.1) is 9.37 Å². The van der Waals surface area contributed by atoms with Crippen LogP contribution in [0.2, 0.25) is 0 Å². The maximum atomic E-state index is 13.5. The highest BCUT2D eigenvalue weighted by atomic mass is 79.9. The van der Waals surface area contributed by atoms with Crippen molar-refractivity contribution < 1.29 is 12.8 Å². The van der Waals surface area contributed by atoms with Crippen LogP contribution in [0.5, 0.6) is 0 Å². The fourth-order valence-corrected chi connectivity index (χ4v) is 4.53. The van der Waals surface area contributed by atoms with E-state index in [-0.39, 0.29) is 9.37 Å². The Morgan fingerprint density at radius 1 is 1.26 bits per heavy atom. The van der Waals surface area contributed by atoms with E-state index in [9.17, 15) is 12.8 Å². The van der Waals surface area contributed by atoms with E-state index >= 15 is 0 Å². The zero-order chi connectivity index (χ0) is 14.2. The number of hydrogen-bond acceptors (Lipinski definition) is 2. The topological polar surface area (TPSA) is 37.4 Å². The first-order valence-electron chi connectivity index (χ1n) is 6.26. The van der Waals surface area contributed by atoms with E-state index in [0.29, 0.717) is 24.9 Å². The number of hydrogen-bond donors (Lipinski definition) is 0. The molecule has 6 heteroatoms. The van der Waals surface area contributed by atoms with Gasteiger partial charge in [0.25, 0.3) is 0 Å².